The van der Waals surface area contributed by atoms with Crippen LogP contribution < -0.4 is 0 Å². The number of carbonyl (C=O) groups excluding carboxylic acids is 2. The first-order chi connectivity index (χ1) is 8.45. The van der Waals surface area contributed by atoms with Gasteiger partial charge in [0.25, 0.3) is 5.91 Å². The van der Waals surface area contributed by atoms with Crippen LogP contribution in [0.1, 0.15) is 17.4 Å². The fourth-order valence-electron chi connectivity index (χ4n) is 1.49. The van der Waals surface area contributed by atoms with E-state index in [-0.39, 0.29) is 12.2 Å². The molecule has 18 heavy (non-hydrogen) atoms. The smallest absolute Gasteiger partial charge is 0.310 e. The van der Waals surface area contributed by atoms with E-state index >= 15 is 0 Å². The zero-order valence-electron chi connectivity index (χ0n) is 10.5. The Morgan fingerprint density at radius 3 is 2.72 bits per heavy atom. The van der Waals surface area contributed by atoms with Gasteiger partial charge >= 0.3 is 5.97 Å². The van der Waals surface area contributed by atoms with E-state index in [1.807, 2.05) is 0 Å². The molecule has 0 bridgehead atoms. The predicted octanol–water partition coefficient (Wildman–Crippen LogP) is 1.10. The summed E-state index contributed by atoms with van der Waals surface area (Å²) in [6.45, 7) is 1.83. The summed E-state index contributed by atoms with van der Waals surface area (Å²) < 4.78 is 17.4. The van der Waals surface area contributed by atoms with E-state index in [1.165, 1.54) is 31.2 Å². The lowest BCUT2D eigenvalue weighted by Gasteiger charge is -2.19. The van der Waals surface area contributed by atoms with E-state index in [0.717, 1.165) is 6.07 Å². The fourth-order valence-corrected chi connectivity index (χ4v) is 1.49. The van der Waals surface area contributed by atoms with Crippen molar-refractivity contribution in [2.75, 3.05) is 20.7 Å². The van der Waals surface area contributed by atoms with Crippen LogP contribution in [0.15, 0.2) is 18.2 Å². The summed E-state index contributed by atoms with van der Waals surface area (Å²) in [5.74, 6) is -2.00. The number of ether oxygens (including phenoxy) is 1. The van der Waals surface area contributed by atoms with E-state index in [9.17, 15) is 14.0 Å². The molecular weight excluding hydrogens is 239 g/mol. The van der Waals surface area contributed by atoms with Crippen molar-refractivity contribution in [3.05, 3.63) is 29.8 Å². The minimum Gasteiger partial charge on any atom is -0.469 e. The highest BCUT2D eigenvalue weighted by atomic mass is 19.1. The minimum atomic E-state index is -0.713. The van der Waals surface area contributed by atoms with Crippen molar-refractivity contribution < 1.29 is 18.7 Å². The number of halogens is 1. The third-order valence-electron chi connectivity index (χ3n) is 2.43. The SMILES string of the molecule is COC(=O)C(C)CN(C)C(=O)c1cccc(F)n1. The first kappa shape index (κ1) is 14.1. The summed E-state index contributed by atoms with van der Waals surface area (Å²) in [6.07, 6.45) is 0. The first-order valence-electron chi connectivity index (χ1n) is 5.41. The second-order valence-electron chi connectivity index (χ2n) is 3.96. The summed E-state index contributed by atoms with van der Waals surface area (Å²) in [5.41, 5.74) is 0.00886. The largest absolute Gasteiger partial charge is 0.469 e. The van der Waals surface area contributed by atoms with E-state index in [1.54, 1.807) is 6.92 Å². The number of aromatic nitrogens is 1. The molecule has 1 heterocycles. The highest BCUT2D eigenvalue weighted by Gasteiger charge is 2.20. The molecule has 0 N–H and O–H groups in total. The van der Waals surface area contributed by atoms with Crippen molar-refractivity contribution in [1.82, 2.24) is 9.88 Å². The number of hydrogen-bond acceptors (Lipinski definition) is 4. The van der Waals surface area contributed by atoms with Gasteiger partial charge in [-0.05, 0) is 12.1 Å². The Morgan fingerprint density at radius 2 is 2.17 bits per heavy atom. The lowest BCUT2D eigenvalue weighted by Crippen LogP contribution is -2.34. The van der Waals surface area contributed by atoms with Gasteiger partial charge in [-0.2, -0.15) is 4.39 Å². The van der Waals surface area contributed by atoms with Gasteiger partial charge in [0.1, 0.15) is 5.69 Å². The highest BCUT2D eigenvalue weighted by Crippen LogP contribution is 2.06. The Hall–Kier alpha value is -1.98. The second-order valence-corrected chi connectivity index (χ2v) is 3.96. The zero-order valence-corrected chi connectivity index (χ0v) is 10.5. The molecule has 0 saturated heterocycles. The third kappa shape index (κ3) is 3.51. The number of hydrogen-bond donors (Lipinski definition) is 0. The normalized spacial score (nSPS) is 11.8. The van der Waals surface area contributed by atoms with Crippen molar-refractivity contribution in [1.29, 1.82) is 0 Å². The van der Waals surface area contributed by atoms with Crippen LogP contribution in [0.3, 0.4) is 0 Å². The van der Waals surface area contributed by atoms with E-state index in [0.29, 0.717) is 0 Å². The van der Waals surface area contributed by atoms with Crippen molar-refractivity contribution >= 4 is 11.9 Å². The molecule has 0 aliphatic carbocycles. The Bertz CT molecular complexity index is 451. The van der Waals surface area contributed by atoms with Crippen molar-refractivity contribution in [3.63, 3.8) is 0 Å². The van der Waals surface area contributed by atoms with Crippen LogP contribution in [0.5, 0.6) is 0 Å². The maximum absolute atomic E-state index is 12.9. The van der Waals surface area contributed by atoms with Crippen molar-refractivity contribution in [2.24, 2.45) is 5.92 Å². The molecule has 5 nitrogen and oxygen atoms in total. The molecule has 0 aliphatic heterocycles. The predicted molar refractivity (Wildman–Crippen MR) is 62.3 cm³/mol. The Labute approximate surface area is 105 Å². The average molecular weight is 254 g/mol. The minimum absolute atomic E-state index is 0.00886. The van der Waals surface area contributed by atoms with Crippen LogP contribution in [-0.4, -0.2) is 42.5 Å². The Morgan fingerprint density at radius 1 is 1.50 bits per heavy atom. The van der Waals surface area contributed by atoms with Gasteiger partial charge in [0.15, 0.2) is 0 Å². The van der Waals surface area contributed by atoms with E-state index in [4.69, 9.17) is 0 Å². The number of amides is 1. The van der Waals surface area contributed by atoms with Gasteiger partial charge in [-0.25, -0.2) is 4.98 Å². The maximum atomic E-state index is 12.9. The Kier molecular flexibility index (Phi) is 4.76. The first-order valence-corrected chi connectivity index (χ1v) is 5.41. The van der Waals surface area contributed by atoms with E-state index < -0.39 is 23.7 Å². The van der Waals surface area contributed by atoms with Crippen LogP contribution in [-0.2, 0) is 9.53 Å². The molecule has 98 valence electrons. The lowest BCUT2D eigenvalue weighted by molar-refractivity contribution is -0.145. The Balaban J connectivity index is 2.70. The maximum Gasteiger partial charge on any atom is 0.310 e. The van der Waals surface area contributed by atoms with Crippen LogP contribution in [0, 0.1) is 11.9 Å². The van der Waals surface area contributed by atoms with Gasteiger partial charge in [0.2, 0.25) is 5.95 Å². The molecule has 1 atom stereocenters. The van der Waals surface area contributed by atoms with Crippen LogP contribution in [0.2, 0.25) is 0 Å². The van der Waals surface area contributed by atoms with Crippen LogP contribution >= 0.6 is 0 Å². The van der Waals surface area contributed by atoms with Gasteiger partial charge in [-0.1, -0.05) is 13.0 Å². The van der Waals surface area contributed by atoms with Crippen molar-refractivity contribution in [3.8, 4) is 0 Å². The summed E-state index contributed by atoms with van der Waals surface area (Å²) >= 11 is 0. The summed E-state index contributed by atoms with van der Waals surface area (Å²) in [6, 6.07) is 3.99. The zero-order chi connectivity index (χ0) is 13.7. The van der Waals surface area contributed by atoms with Gasteiger partial charge in [0, 0.05) is 13.6 Å². The molecule has 1 unspecified atom stereocenters. The van der Waals surface area contributed by atoms with Gasteiger partial charge in [0.05, 0.1) is 13.0 Å². The lowest BCUT2D eigenvalue weighted by atomic mass is 10.1. The monoisotopic (exact) mass is 254 g/mol. The average Bonchev–Trinajstić information content (AvgIpc) is 2.36. The molecule has 0 saturated carbocycles. The summed E-state index contributed by atoms with van der Waals surface area (Å²) in [4.78, 5) is 27.9. The van der Waals surface area contributed by atoms with E-state index in [2.05, 4.69) is 9.72 Å². The molecule has 1 amide bonds. The third-order valence-corrected chi connectivity index (χ3v) is 2.43. The standard InChI is InChI=1S/C12H15FN2O3/c1-8(12(17)18-3)7-15(2)11(16)9-5-4-6-10(13)14-9/h4-6,8H,7H2,1-3H3. The molecule has 0 spiro atoms. The molecule has 0 radical (unpaired) electrons. The summed E-state index contributed by atoms with van der Waals surface area (Å²) in [7, 11) is 2.81. The second kappa shape index (κ2) is 6.09. The molecule has 1 aromatic rings. The van der Waals surface area contributed by atoms with Crippen LogP contribution in [0.25, 0.3) is 0 Å². The van der Waals surface area contributed by atoms with Gasteiger partial charge < -0.3 is 9.64 Å². The molecule has 0 aliphatic rings. The topological polar surface area (TPSA) is 59.5 Å². The number of methoxy groups -OCH3 is 1. The number of nitrogens with zero attached hydrogens (tertiary/aromatic N) is 2. The summed E-state index contributed by atoms with van der Waals surface area (Å²) in [5, 5.41) is 0. The number of carbonyl (C=O) groups is 2. The number of esters is 1. The quantitative estimate of drug-likeness (QED) is 0.596. The number of rotatable bonds is 4. The molecule has 6 heteroatoms. The molecule has 1 rings (SSSR count). The van der Waals surface area contributed by atoms with Crippen molar-refractivity contribution in [2.45, 2.75) is 6.92 Å². The van der Waals surface area contributed by atoms with Gasteiger partial charge in [-0.3, -0.25) is 9.59 Å². The highest BCUT2D eigenvalue weighted by molar-refractivity contribution is 5.92. The van der Waals surface area contributed by atoms with Crippen LogP contribution in [0.4, 0.5) is 4.39 Å². The number of pyridine rings is 1. The molecule has 1 aromatic heterocycles. The van der Waals surface area contributed by atoms with Gasteiger partial charge in [-0.15, -0.1) is 0 Å². The molecular formula is C12H15FN2O3. The molecule has 0 aromatic carbocycles. The fraction of sp³-hybridized carbons (Fsp3) is 0.417. The molecule has 0 fully saturated rings.